The second-order valence-corrected chi connectivity index (χ2v) is 7.53. The first-order chi connectivity index (χ1) is 15.6. The van der Waals surface area contributed by atoms with E-state index in [4.69, 9.17) is 4.74 Å². The normalized spacial score (nSPS) is 14.1. The third-order valence-electron chi connectivity index (χ3n) is 5.52. The van der Waals surface area contributed by atoms with Crippen LogP contribution >= 0.6 is 0 Å². The van der Waals surface area contributed by atoms with Crippen LogP contribution in [0.1, 0.15) is 33.6 Å². The van der Waals surface area contributed by atoms with Gasteiger partial charge in [-0.05, 0) is 37.1 Å². The topological polar surface area (TPSA) is 84.4 Å². The predicted octanol–water partition coefficient (Wildman–Crippen LogP) is 3.33. The third-order valence-corrected chi connectivity index (χ3v) is 5.52. The molecule has 8 heteroatoms. The maximum Gasteiger partial charge on any atom is 0.254 e. The van der Waals surface area contributed by atoms with Gasteiger partial charge < -0.3 is 15.0 Å². The van der Waals surface area contributed by atoms with Crippen molar-refractivity contribution in [3.63, 3.8) is 0 Å². The Balaban J connectivity index is 1.42. The molecule has 1 aromatic heterocycles. The largest absolute Gasteiger partial charge is 0.480 e. The number of hydrogen-bond donors (Lipinski definition) is 1. The zero-order valence-electron chi connectivity index (χ0n) is 17.6. The second kappa shape index (κ2) is 9.55. The van der Waals surface area contributed by atoms with Crippen LogP contribution in [0.4, 0.5) is 4.39 Å². The minimum absolute atomic E-state index is 0.0283. The summed E-state index contributed by atoms with van der Waals surface area (Å²) in [4.78, 5) is 27.4. The molecule has 1 fully saturated rings. The van der Waals surface area contributed by atoms with Crippen molar-refractivity contribution in [1.82, 2.24) is 20.4 Å². The molecule has 7 nitrogen and oxygen atoms in total. The van der Waals surface area contributed by atoms with Crippen molar-refractivity contribution in [2.45, 2.75) is 18.9 Å². The van der Waals surface area contributed by atoms with E-state index in [1.165, 1.54) is 19.2 Å². The molecule has 0 saturated carbocycles. The summed E-state index contributed by atoms with van der Waals surface area (Å²) in [7, 11) is 1.52. The summed E-state index contributed by atoms with van der Waals surface area (Å²) in [5.74, 6) is -0.679. The number of carbonyl (C=O) groups excluding carboxylic acids is 2. The van der Waals surface area contributed by atoms with E-state index in [9.17, 15) is 14.0 Å². The Morgan fingerprint density at radius 2 is 1.66 bits per heavy atom. The molecule has 4 rings (SSSR count). The van der Waals surface area contributed by atoms with Crippen LogP contribution in [-0.4, -0.2) is 53.2 Å². The van der Waals surface area contributed by atoms with Gasteiger partial charge in [0.2, 0.25) is 5.88 Å². The lowest BCUT2D eigenvalue weighted by Crippen LogP contribution is -2.46. The van der Waals surface area contributed by atoms with Crippen molar-refractivity contribution >= 4 is 11.8 Å². The number of likely N-dealkylation sites (tertiary alicyclic amines) is 1. The van der Waals surface area contributed by atoms with Crippen LogP contribution in [0.15, 0.2) is 60.7 Å². The highest BCUT2D eigenvalue weighted by Crippen LogP contribution is 2.25. The monoisotopic (exact) mass is 434 g/mol. The van der Waals surface area contributed by atoms with Gasteiger partial charge in [0.25, 0.3) is 11.8 Å². The molecule has 0 aliphatic carbocycles. The molecule has 0 atom stereocenters. The average Bonchev–Trinajstić information content (AvgIpc) is 2.84. The van der Waals surface area contributed by atoms with Crippen molar-refractivity contribution in [1.29, 1.82) is 0 Å². The standard InChI is InChI=1S/C24H23FN4O3/c1-32-22-11-10-21(27-28-22)17-6-2-3-7-18(17)24(31)29-14-12-16(13-15-29)26-23(30)19-8-4-5-9-20(19)25/h2-11,16H,12-15H2,1H3,(H,26,30). The first kappa shape index (κ1) is 21.4. The number of benzene rings is 2. The molecule has 1 saturated heterocycles. The van der Waals surface area contributed by atoms with Crippen LogP contribution in [-0.2, 0) is 0 Å². The molecule has 2 heterocycles. The van der Waals surface area contributed by atoms with E-state index >= 15 is 0 Å². The summed E-state index contributed by atoms with van der Waals surface area (Å²) in [5.41, 5.74) is 1.85. The maximum atomic E-state index is 13.8. The maximum absolute atomic E-state index is 13.8. The van der Waals surface area contributed by atoms with Crippen LogP contribution in [0, 0.1) is 5.82 Å². The fourth-order valence-electron chi connectivity index (χ4n) is 3.77. The summed E-state index contributed by atoms with van der Waals surface area (Å²) < 4.78 is 18.9. The third kappa shape index (κ3) is 4.59. The van der Waals surface area contributed by atoms with Crippen molar-refractivity contribution in [3.05, 3.63) is 77.6 Å². The SMILES string of the molecule is COc1ccc(-c2ccccc2C(=O)N2CCC(NC(=O)c3ccccc3F)CC2)nn1. The summed E-state index contributed by atoms with van der Waals surface area (Å²) in [6.07, 6.45) is 1.19. The van der Waals surface area contributed by atoms with Crippen molar-refractivity contribution in [2.75, 3.05) is 20.2 Å². The highest BCUT2D eigenvalue weighted by atomic mass is 19.1. The number of carbonyl (C=O) groups is 2. The molecule has 3 aromatic rings. The van der Waals surface area contributed by atoms with E-state index in [0.29, 0.717) is 48.6 Å². The Morgan fingerprint density at radius 1 is 0.969 bits per heavy atom. The average molecular weight is 434 g/mol. The fourth-order valence-corrected chi connectivity index (χ4v) is 3.77. The van der Waals surface area contributed by atoms with Gasteiger partial charge in [-0.2, -0.15) is 0 Å². The zero-order valence-corrected chi connectivity index (χ0v) is 17.6. The Labute approximate surface area is 185 Å². The summed E-state index contributed by atoms with van der Waals surface area (Å²) in [5, 5.41) is 11.0. The molecule has 32 heavy (non-hydrogen) atoms. The highest BCUT2D eigenvalue weighted by Gasteiger charge is 2.27. The van der Waals surface area contributed by atoms with Crippen molar-refractivity contribution < 1.29 is 18.7 Å². The molecule has 0 unspecified atom stereocenters. The van der Waals surface area contributed by atoms with E-state index < -0.39 is 11.7 Å². The first-order valence-electron chi connectivity index (χ1n) is 10.4. The second-order valence-electron chi connectivity index (χ2n) is 7.53. The van der Waals surface area contributed by atoms with Crippen molar-refractivity contribution in [2.24, 2.45) is 0 Å². The Kier molecular flexibility index (Phi) is 6.39. The van der Waals surface area contributed by atoms with Crippen LogP contribution in [0.3, 0.4) is 0 Å². The van der Waals surface area contributed by atoms with Gasteiger partial charge in [-0.1, -0.05) is 30.3 Å². The van der Waals surface area contributed by atoms with E-state index in [-0.39, 0.29) is 17.5 Å². The van der Waals surface area contributed by atoms with Gasteiger partial charge in [0.15, 0.2) is 0 Å². The minimum atomic E-state index is -0.546. The molecule has 1 N–H and O–H groups in total. The molecule has 0 radical (unpaired) electrons. The van der Waals surface area contributed by atoms with Crippen molar-refractivity contribution in [3.8, 4) is 17.1 Å². The molecular weight excluding hydrogens is 411 g/mol. The van der Waals surface area contributed by atoms with Crippen LogP contribution < -0.4 is 10.1 Å². The molecule has 2 aromatic carbocycles. The Morgan fingerprint density at radius 3 is 2.31 bits per heavy atom. The quantitative estimate of drug-likeness (QED) is 0.666. The van der Waals surface area contributed by atoms with Crippen LogP contribution in [0.25, 0.3) is 11.3 Å². The molecule has 2 amide bonds. The highest BCUT2D eigenvalue weighted by molar-refractivity contribution is 6.00. The molecule has 1 aliphatic rings. The smallest absolute Gasteiger partial charge is 0.254 e. The molecule has 0 spiro atoms. The van der Waals surface area contributed by atoms with E-state index in [2.05, 4.69) is 15.5 Å². The Hall–Kier alpha value is -3.81. The van der Waals surface area contributed by atoms with Gasteiger partial charge in [-0.3, -0.25) is 9.59 Å². The van der Waals surface area contributed by atoms with Gasteiger partial charge in [0.1, 0.15) is 5.82 Å². The Bertz CT molecular complexity index is 1110. The van der Waals surface area contributed by atoms with Gasteiger partial charge in [0.05, 0.1) is 18.4 Å². The number of amides is 2. The van der Waals surface area contributed by atoms with Gasteiger partial charge in [-0.15, -0.1) is 10.2 Å². The number of ether oxygens (including phenoxy) is 1. The number of methoxy groups -OCH3 is 1. The summed E-state index contributed by atoms with van der Waals surface area (Å²) in [6.45, 7) is 0.980. The number of nitrogens with one attached hydrogen (secondary N) is 1. The van der Waals surface area contributed by atoms with Crippen LogP contribution in [0.5, 0.6) is 5.88 Å². The van der Waals surface area contributed by atoms with Gasteiger partial charge >= 0.3 is 0 Å². The van der Waals surface area contributed by atoms with E-state index in [1.54, 1.807) is 35.2 Å². The van der Waals surface area contributed by atoms with E-state index in [0.717, 1.165) is 0 Å². The lowest BCUT2D eigenvalue weighted by atomic mass is 10.00. The number of hydrogen-bond acceptors (Lipinski definition) is 5. The van der Waals surface area contributed by atoms with Crippen LogP contribution in [0.2, 0.25) is 0 Å². The lowest BCUT2D eigenvalue weighted by molar-refractivity contribution is 0.0698. The molecule has 164 valence electrons. The molecular formula is C24H23FN4O3. The number of halogens is 1. The lowest BCUT2D eigenvalue weighted by Gasteiger charge is -2.32. The first-order valence-corrected chi connectivity index (χ1v) is 10.4. The molecule has 1 aliphatic heterocycles. The minimum Gasteiger partial charge on any atom is -0.480 e. The zero-order chi connectivity index (χ0) is 22.5. The van der Waals surface area contributed by atoms with Gasteiger partial charge in [0, 0.05) is 36.3 Å². The molecule has 0 bridgehead atoms. The summed E-state index contributed by atoms with van der Waals surface area (Å²) in [6, 6.07) is 16.5. The fraction of sp³-hybridized carbons (Fsp3) is 0.250. The summed E-state index contributed by atoms with van der Waals surface area (Å²) >= 11 is 0. The number of aromatic nitrogens is 2. The number of nitrogens with zero attached hydrogens (tertiary/aromatic N) is 3. The predicted molar refractivity (Wildman–Crippen MR) is 117 cm³/mol. The number of rotatable bonds is 5. The number of piperidine rings is 1. The van der Waals surface area contributed by atoms with E-state index in [1.807, 2.05) is 18.2 Å². The van der Waals surface area contributed by atoms with Gasteiger partial charge in [-0.25, -0.2) is 4.39 Å².